The number of nitrogens with zero attached hydrogens (tertiary/aromatic N) is 1. The molecule has 1 amide bonds. The molecule has 3 atom stereocenters. The molecule has 2 rings (SSSR count). The molecule has 2 aliphatic carbocycles. The van der Waals surface area contributed by atoms with Crippen molar-refractivity contribution >= 4 is 5.91 Å². The highest BCUT2D eigenvalue weighted by atomic mass is 16.5. The summed E-state index contributed by atoms with van der Waals surface area (Å²) in [6, 6.07) is 0.714. The van der Waals surface area contributed by atoms with E-state index in [2.05, 4.69) is 25.7 Å². The third kappa shape index (κ3) is 4.45. The summed E-state index contributed by atoms with van der Waals surface area (Å²) >= 11 is 0. The van der Waals surface area contributed by atoms with Crippen molar-refractivity contribution in [3.8, 4) is 0 Å². The van der Waals surface area contributed by atoms with Crippen LogP contribution in [-0.4, -0.2) is 35.1 Å². The zero-order valence-corrected chi connectivity index (χ0v) is 14.3. The van der Waals surface area contributed by atoms with Crippen molar-refractivity contribution in [1.82, 2.24) is 4.90 Å². The molecule has 0 aromatic carbocycles. The van der Waals surface area contributed by atoms with E-state index in [0.717, 1.165) is 31.6 Å². The van der Waals surface area contributed by atoms with Crippen molar-refractivity contribution in [1.29, 1.82) is 0 Å². The SMILES string of the molecule is CC1CCCC(OC(C)C(=O)N(C(C)C)C2CCCC2)C1. The van der Waals surface area contributed by atoms with E-state index >= 15 is 0 Å². The number of hydrogen-bond acceptors (Lipinski definition) is 2. The lowest BCUT2D eigenvalue weighted by Gasteiger charge is -2.36. The lowest BCUT2D eigenvalue weighted by atomic mass is 9.88. The van der Waals surface area contributed by atoms with Crippen molar-refractivity contribution in [3.05, 3.63) is 0 Å². The Bertz CT molecular complexity index is 336. The summed E-state index contributed by atoms with van der Waals surface area (Å²) in [5.41, 5.74) is 0. The van der Waals surface area contributed by atoms with Gasteiger partial charge in [-0.2, -0.15) is 0 Å². The number of ether oxygens (including phenoxy) is 1. The largest absolute Gasteiger partial charge is 0.365 e. The highest BCUT2D eigenvalue weighted by Gasteiger charge is 2.33. The number of rotatable bonds is 5. The fraction of sp³-hybridized carbons (Fsp3) is 0.944. The monoisotopic (exact) mass is 295 g/mol. The molecule has 0 saturated heterocycles. The molecular formula is C18H33NO2. The Morgan fingerprint density at radius 2 is 1.71 bits per heavy atom. The van der Waals surface area contributed by atoms with E-state index in [1.54, 1.807) is 0 Å². The van der Waals surface area contributed by atoms with E-state index in [0.29, 0.717) is 6.04 Å². The molecule has 3 unspecified atom stereocenters. The maximum Gasteiger partial charge on any atom is 0.251 e. The lowest BCUT2D eigenvalue weighted by molar-refractivity contribution is -0.152. The summed E-state index contributed by atoms with van der Waals surface area (Å²) in [4.78, 5) is 14.9. The molecule has 0 bridgehead atoms. The summed E-state index contributed by atoms with van der Waals surface area (Å²) in [6.45, 7) is 8.50. The van der Waals surface area contributed by atoms with Gasteiger partial charge in [-0.15, -0.1) is 0 Å². The van der Waals surface area contributed by atoms with Crippen LogP contribution in [0.1, 0.15) is 79.1 Å². The van der Waals surface area contributed by atoms with Crippen LogP contribution in [-0.2, 0) is 9.53 Å². The number of hydrogen-bond donors (Lipinski definition) is 0. The molecule has 0 aromatic heterocycles. The zero-order chi connectivity index (χ0) is 15.4. The van der Waals surface area contributed by atoms with Crippen molar-refractivity contribution in [3.63, 3.8) is 0 Å². The van der Waals surface area contributed by atoms with Crippen molar-refractivity contribution in [2.24, 2.45) is 5.92 Å². The van der Waals surface area contributed by atoms with Crippen LogP contribution in [0.15, 0.2) is 0 Å². The summed E-state index contributed by atoms with van der Waals surface area (Å²) in [5, 5.41) is 0. The second-order valence-electron chi connectivity index (χ2n) is 7.45. The van der Waals surface area contributed by atoms with Crippen molar-refractivity contribution < 1.29 is 9.53 Å². The Labute approximate surface area is 130 Å². The van der Waals surface area contributed by atoms with Crippen molar-refractivity contribution in [2.75, 3.05) is 0 Å². The molecule has 0 aliphatic heterocycles. The van der Waals surface area contributed by atoms with Crippen LogP contribution in [0.2, 0.25) is 0 Å². The van der Waals surface area contributed by atoms with E-state index < -0.39 is 0 Å². The van der Waals surface area contributed by atoms with Crippen LogP contribution in [0.4, 0.5) is 0 Å². The molecule has 122 valence electrons. The number of carbonyl (C=O) groups is 1. The van der Waals surface area contributed by atoms with Crippen molar-refractivity contribution in [2.45, 2.75) is 103 Å². The smallest absolute Gasteiger partial charge is 0.251 e. The average molecular weight is 295 g/mol. The average Bonchev–Trinajstić information content (AvgIpc) is 2.92. The van der Waals surface area contributed by atoms with E-state index in [9.17, 15) is 4.79 Å². The first-order valence-electron chi connectivity index (χ1n) is 8.96. The molecule has 2 saturated carbocycles. The molecule has 21 heavy (non-hydrogen) atoms. The molecule has 0 aromatic rings. The maximum atomic E-state index is 12.8. The van der Waals surface area contributed by atoms with Crippen LogP contribution < -0.4 is 0 Å². The molecule has 2 fully saturated rings. The first-order chi connectivity index (χ1) is 9.99. The van der Waals surface area contributed by atoms with Gasteiger partial charge in [0.1, 0.15) is 6.10 Å². The highest BCUT2D eigenvalue weighted by Crippen LogP contribution is 2.29. The molecule has 3 nitrogen and oxygen atoms in total. The Morgan fingerprint density at radius 3 is 2.29 bits per heavy atom. The zero-order valence-electron chi connectivity index (χ0n) is 14.3. The van der Waals surface area contributed by atoms with Gasteiger partial charge in [0, 0.05) is 12.1 Å². The van der Waals surface area contributed by atoms with Gasteiger partial charge in [-0.25, -0.2) is 0 Å². The molecule has 0 N–H and O–H groups in total. The van der Waals surface area contributed by atoms with Crippen LogP contribution >= 0.6 is 0 Å². The van der Waals surface area contributed by atoms with Gasteiger partial charge >= 0.3 is 0 Å². The van der Waals surface area contributed by atoms with Gasteiger partial charge in [0.2, 0.25) is 0 Å². The summed E-state index contributed by atoms with van der Waals surface area (Å²) < 4.78 is 6.12. The number of carbonyl (C=O) groups excluding carboxylic acids is 1. The summed E-state index contributed by atoms with van der Waals surface area (Å²) in [6.07, 6.45) is 9.62. The molecule has 0 heterocycles. The van der Waals surface area contributed by atoms with E-state index in [4.69, 9.17) is 4.74 Å². The van der Waals surface area contributed by atoms with Gasteiger partial charge in [-0.05, 0) is 52.4 Å². The molecular weight excluding hydrogens is 262 g/mol. The Kier molecular flexibility index (Phi) is 6.09. The van der Waals surface area contributed by atoms with Gasteiger partial charge in [-0.1, -0.05) is 32.6 Å². The van der Waals surface area contributed by atoms with Gasteiger partial charge in [-0.3, -0.25) is 4.79 Å². The number of amides is 1. The fourth-order valence-electron chi connectivity index (χ4n) is 4.10. The minimum atomic E-state index is -0.289. The Morgan fingerprint density at radius 1 is 1.05 bits per heavy atom. The second kappa shape index (κ2) is 7.62. The minimum Gasteiger partial charge on any atom is -0.365 e. The topological polar surface area (TPSA) is 29.5 Å². The minimum absolute atomic E-state index is 0.204. The molecule has 0 spiro atoms. The fourth-order valence-corrected chi connectivity index (χ4v) is 4.10. The van der Waals surface area contributed by atoms with E-state index in [1.807, 2.05) is 6.92 Å². The highest BCUT2D eigenvalue weighted by molar-refractivity contribution is 5.81. The normalized spacial score (nSPS) is 28.8. The maximum absolute atomic E-state index is 12.8. The van der Waals surface area contributed by atoms with Crippen LogP contribution in [0.25, 0.3) is 0 Å². The summed E-state index contributed by atoms with van der Waals surface area (Å²) in [5.74, 6) is 0.942. The van der Waals surface area contributed by atoms with Gasteiger partial charge in [0.05, 0.1) is 6.10 Å². The standard InChI is InChI=1S/C18H33NO2/c1-13(2)19(16-9-5-6-10-16)18(20)15(4)21-17-11-7-8-14(3)12-17/h13-17H,5-12H2,1-4H3. The first kappa shape index (κ1) is 16.8. The molecule has 2 aliphatic rings. The van der Waals surface area contributed by atoms with E-state index in [1.165, 1.54) is 25.7 Å². The van der Waals surface area contributed by atoms with E-state index in [-0.39, 0.29) is 24.2 Å². The van der Waals surface area contributed by atoms with Crippen LogP contribution in [0.3, 0.4) is 0 Å². The Balaban J connectivity index is 1.92. The first-order valence-corrected chi connectivity index (χ1v) is 8.96. The third-order valence-electron chi connectivity index (χ3n) is 5.16. The van der Waals surface area contributed by atoms with Crippen LogP contribution in [0.5, 0.6) is 0 Å². The van der Waals surface area contributed by atoms with Gasteiger partial charge in [0.25, 0.3) is 5.91 Å². The van der Waals surface area contributed by atoms with Gasteiger partial charge in [0.15, 0.2) is 0 Å². The Hall–Kier alpha value is -0.570. The van der Waals surface area contributed by atoms with Crippen LogP contribution in [0, 0.1) is 5.92 Å². The van der Waals surface area contributed by atoms with Gasteiger partial charge < -0.3 is 9.64 Å². The quantitative estimate of drug-likeness (QED) is 0.762. The summed E-state index contributed by atoms with van der Waals surface area (Å²) in [7, 11) is 0. The predicted octanol–water partition coefficient (Wildman–Crippen LogP) is 4.15. The third-order valence-corrected chi connectivity index (χ3v) is 5.16. The second-order valence-corrected chi connectivity index (χ2v) is 7.45. The molecule has 3 heteroatoms. The lowest BCUT2D eigenvalue weighted by Crippen LogP contribution is -2.49. The molecule has 0 radical (unpaired) electrons. The predicted molar refractivity (Wildman–Crippen MR) is 86.2 cm³/mol.